The number of hydrogen-bond acceptors (Lipinski definition) is 7. The van der Waals surface area contributed by atoms with Crippen LogP contribution in [0.3, 0.4) is 0 Å². The largest absolute Gasteiger partial charge is 0.480 e. The van der Waals surface area contributed by atoms with Crippen LogP contribution in [-0.4, -0.2) is 55.8 Å². The lowest BCUT2D eigenvalue weighted by atomic mass is 9.86. The number of nitrogens with zero attached hydrogens (tertiary/aromatic N) is 6. The van der Waals surface area contributed by atoms with Gasteiger partial charge >= 0.3 is 6.18 Å². The number of methoxy groups -OCH3 is 1. The van der Waals surface area contributed by atoms with Crippen molar-refractivity contribution in [3.05, 3.63) is 64.3 Å². The van der Waals surface area contributed by atoms with Gasteiger partial charge in [-0.25, -0.2) is 24.9 Å². The molecule has 0 amide bonds. The van der Waals surface area contributed by atoms with E-state index in [4.69, 9.17) is 14.7 Å². The molecule has 4 aromatic rings. The molecule has 4 heterocycles. The molecule has 0 spiro atoms. The summed E-state index contributed by atoms with van der Waals surface area (Å²) < 4.78 is 50.6. The molecular weight excluding hydrogens is 587 g/mol. The summed E-state index contributed by atoms with van der Waals surface area (Å²) in [7, 11) is 1.53. The molecule has 40 heavy (non-hydrogen) atoms. The fourth-order valence-electron chi connectivity index (χ4n) is 5.19. The molecule has 1 atom stereocenters. The van der Waals surface area contributed by atoms with E-state index in [1.54, 1.807) is 24.6 Å². The van der Waals surface area contributed by atoms with Crippen LogP contribution in [0.5, 0.6) is 5.88 Å². The number of fused-ring (bicyclic) bond motifs is 1. The second-order valence-electron chi connectivity index (χ2n) is 10.5. The van der Waals surface area contributed by atoms with E-state index in [0.29, 0.717) is 44.9 Å². The average Bonchev–Trinajstić information content (AvgIpc) is 3.57. The standard InChI is InChI=1S/C28H27BrF3N7O/c1-15(2)27(28(30,31)32)13-33-26(38-27)39-12-18(29)20-19(11-16-7-5-4-6-8-16)36-23(37-24(20)39)21-22(17-9-10-17)34-14-35-25(21)40-3/h4-8,12,14-15,17H,9-11,13H2,1-3H3,(H,33,38). The second kappa shape index (κ2) is 9.83. The number of ether oxygens (including phenoxy) is 1. The average molecular weight is 614 g/mol. The lowest BCUT2D eigenvalue weighted by molar-refractivity contribution is -0.198. The topological polar surface area (TPSA) is 90.1 Å². The van der Waals surface area contributed by atoms with E-state index >= 15 is 0 Å². The Labute approximate surface area is 237 Å². The molecule has 0 bridgehead atoms. The normalized spacial score (nSPS) is 19.2. The third-order valence-corrected chi connectivity index (χ3v) is 8.25. The fraction of sp³-hybridized carbons (Fsp3) is 0.393. The molecule has 208 valence electrons. The van der Waals surface area contributed by atoms with Crippen LogP contribution >= 0.6 is 15.9 Å². The number of benzene rings is 1. The molecule has 3 aromatic heterocycles. The predicted molar refractivity (Wildman–Crippen MR) is 148 cm³/mol. The van der Waals surface area contributed by atoms with Crippen LogP contribution in [0.2, 0.25) is 0 Å². The number of hydrogen-bond donors (Lipinski definition) is 1. The maximum atomic E-state index is 14.3. The Morgan fingerprint density at radius 3 is 2.52 bits per heavy atom. The van der Waals surface area contributed by atoms with Crippen molar-refractivity contribution < 1.29 is 17.9 Å². The molecule has 1 fully saturated rings. The molecule has 1 saturated carbocycles. The first kappa shape index (κ1) is 26.7. The van der Waals surface area contributed by atoms with Gasteiger partial charge in [0.1, 0.15) is 11.9 Å². The summed E-state index contributed by atoms with van der Waals surface area (Å²) in [4.78, 5) is 23.1. The smallest absolute Gasteiger partial charge is 0.413 e. The Balaban J connectivity index is 1.56. The van der Waals surface area contributed by atoms with Crippen LogP contribution in [0.4, 0.5) is 13.2 Å². The van der Waals surface area contributed by atoms with E-state index in [1.165, 1.54) is 13.4 Å². The third-order valence-electron chi connectivity index (χ3n) is 7.64. The van der Waals surface area contributed by atoms with Crippen molar-refractivity contribution >= 4 is 32.9 Å². The van der Waals surface area contributed by atoms with E-state index < -0.39 is 24.2 Å². The molecule has 1 aliphatic heterocycles. The van der Waals surface area contributed by atoms with Crippen LogP contribution < -0.4 is 10.1 Å². The molecule has 6 rings (SSSR count). The van der Waals surface area contributed by atoms with Gasteiger partial charge in [-0.15, -0.1) is 0 Å². The van der Waals surface area contributed by atoms with E-state index in [1.807, 2.05) is 30.3 Å². The van der Waals surface area contributed by atoms with Crippen LogP contribution in [0.25, 0.3) is 22.4 Å². The van der Waals surface area contributed by atoms with Crippen LogP contribution in [0.15, 0.2) is 52.3 Å². The van der Waals surface area contributed by atoms with Gasteiger partial charge in [0.05, 0.1) is 30.4 Å². The highest BCUT2D eigenvalue weighted by Crippen LogP contribution is 2.45. The van der Waals surface area contributed by atoms with E-state index in [2.05, 4.69) is 36.2 Å². The van der Waals surface area contributed by atoms with Gasteiger partial charge in [0, 0.05) is 23.0 Å². The first-order valence-corrected chi connectivity index (χ1v) is 13.8. The zero-order chi connectivity index (χ0) is 28.2. The molecule has 8 nitrogen and oxygen atoms in total. The molecule has 1 unspecified atom stereocenters. The van der Waals surface area contributed by atoms with Crippen molar-refractivity contribution in [1.82, 2.24) is 29.8 Å². The second-order valence-corrected chi connectivity index (χ2v) is 11.4. The molecule has 1 N–H and O–H groups in total. The van der Waals surface area contributed by atoms with Gasteiger partial charge in [-0.1, -0.05) is 44.2 Å². The summed E-state index contributed by atoms with van der Waals surface area (Å²) in [5.41, 5.74) is 1.38. The van der Waals surface area contributed by atoms with Crippen molar-refractivity contribution in [2.24, 2.45) is 10.9 Å². The summed E-state index contributed by atoms with van der Waals surface area (Å²) in [5, 5.41) is 3.40. The van der Waals surface area contributed by atoms with Gasteiger partial charge < -0.3 is 10.1 Å². The maximum Gasteiger partial charge on any atom is 0.413 e. The number of alkyl halides is 3. The summed E-state index contributed by atoms with van der Waals surface area (Å²) in [6, 6.07) is 9.85. The fourth-order valence-corrected chi connectivity index (χ4v) is 5.80. The zero-order valence-electron chi connectivity index (χ0n) is 22.1. The van der Waals surface area contributed by atoms with Gasteiger partial charge in [0.2, 0.25) is 11.8 Å². The van der Waals surface area contributed by atoms with E-state index in [9.17, 15) is 13.2 Å². The number of aromatic nitrogens is 5. The minimum absolute atomic E-state index is 0.0794. The number of rotatable bonds is 6. The van der Waals surface area contributed by atoms with Crippen LogP contribution in [0, 0.1) is 5.92 Å². The van der Waals surface area contributed by atoms with Crippen molar-refractivity contribution in [3.8, 4) is 17.3 Å². The molecule has 2 aliphatic rings. The summed E-state index contributed by atoms with van der Waals surface area (Å²) >= 11 is 3.63. The summed E-state index contributed by atoms with van der Waals surface area (Å²) in [6.07, 6.45) is 1.12. The number of aliphatic imine (C=N–C) groups is 1. The summed E-state index contributed by atoms with van der Waals surface area (Å²) in [6.45, 7) is 2.66. The number of nitrogens with one attached hydrogen (secondary N) is 1. The Morgan fingerprint density at radius 1 is 1.15 bits per heavy atom. The monoisotopic (exact) mass is 613 g/mol. The van der Waals surface area contributed by atoms with E-state index in [0.717, 1.165) is 24.1 Å². The predicted octanol–water partition coefficient (Wildman–Crippen LogP) is 5.89. The minimum Gasteiger partial charge on any atom is -0.480 e. The molecular formula is C28H27BrF3N7O. The lowest BCUT2D eigenvalue weighted by Crippen LogP contribution is -2.61. The molecule has 0 saturated heterocycles. The van der Waals surface area contributed by atoms with Gasteiger partial charge in [0.15, 0.2) is 17.0 Å². The highest BCUT2D eigenvalue weighted by molar-refractivity contribution is 9.10. The Hall–Kier alpha value is -3.54. The zero-order valence-corrected chi connectivity index (χ0v) is 23.7. The quantitative estimate of drug-likeness (QED) is 0.291. The molecule has 1 aromatic carbocycles. The van der Waals surface area contributed by atoms with Gasteiger partial charge in [-0.3, -0.25) is 4.57 Å². The van der Waals surface area contributed by atoms with Crippen molar-refractivity contribution in [1.29, 1.82) is 0 Å². The van der Waals surface area contributed by atoms with Crippen molar-refractivity contribution in [3.63, 3.8) is 0 Å². The van der Waals surface area contributed by atoms with Crippen molar-refractivity contribution in [2.45, 2.75) is 50.7 Å². The Kier molecular flexibility index (Phi) is 6.55. The highest BCUT2D eigenvalue weighted by atomic mass is 79.9. The van der Waals surface area contributed by atoms with Crippen LogP contribution in [-0.2, 0) is 6.42 Å². The SMILES string of the molecule is COc1ncnc(C2CC2)c1-c1nc(Cc2ccccc2)c2c(Br)cn(C3=NCC(C(C)C)(C(F)(F)F)N3)c2n1. The first-order valence-electron chi connectivity index (χ1n) is 13.0. The van der Waals surface area contributed by atoms with E-state index in [-0.39, 0.29) is 11.9 Å². The van der Waals surface area contributed by atoms with Crippen LogP contribution in [0.1, 0.15) is 49.6 Å². The molecule has 1 aliphatic carbocycles. The minimum atomic E-state index is -4.50. The number of halogens is 4. The third kappa shape index (κ3) is 4.42. The van der Waals surface area contributed by atoms with Crippen molar-refractivity contribution in [2.75, 3.05) is 13.7 Å². The molecule has 0 radical (unpaired) electrons. The maximum absolute atomic E-state index is 14.3. The Bertz CT molecular complexity index is 1620. The lowest BCUT2D eigenvalue weighted by Gasteiger charge is -2.35. The first-order chi connectivity index (χ1) is 19.1. The Morgan fingerprint density at radius 2 is 1.90 bits per heavy atom. The summed E-state index contributed by atoms with van der Waals surface area (Å²) in [5.74, 6) is 0.294. The van der Waals surface area contributed by atoms with Gasteiger partial charge in [-0.05, 0) is 40.3 Å². The van der Waals surface area contributed by atoms with Gasteiger partial charge in [-0.2, -0.15) is 13.2 Å². The highest BCUT2D eigenvalue weighted by Gasteiger charge is 2.59. The molecule has 12 heteroatoms. The van der Waals surface area contributed by atoms with Gasteiger partial charge in [0.25, 0.3) is 0 Å².